The number of nitrogens with one attached hydrogen (secondary N) is 2. The zero-order valence-corrected chi connectivity index (χ0v) is 8.52. The molecular weight excluding hydrogens is 194 g/mol. The third-order valence-electron chi connectivity index (χ3n) is 2.47. The first-order chi connectivity index (χ1) is 7.34. The molecule has 0 unspecified atom stereocenters. The molecule has 2 N–H and O–H groups in total. The number of nitrogens with zero attached hydrogens (tertiary/aromatic N) is 3. The number of carbonyl (C=O) groups is 1. The molecule has 2 rings (SSSR count). The molecule has 1 saturated heterocycles. The summed E-state index contributed by atoms with van der Waals surface area (Å²) in [4.78, 5) is 11.5. The second kappa shape index (κ2) is 4.88. The van der Waals surface area contributed by atoms with E-state index in [0.717, 1.165) is 19.5 Å². The Labute approximate surface area is 88.0 Å². The summed E-state index contributed by atoms with van der Waals surface area (Å²) in [5.41, 5.74) is 0. The lowest BCUT2D eigenvalue weighted by Gasteiger charge is -2.10. The summed E-state index contributed by atoms with van der Waals surface area (Å²) < 4.78 is 1.66. The van der Waals surface area contributed by atoms with Gasteiger partial charge in [-0.15, -0.1) is 5.10 Å². The molecule has 0 aromatic carbocycles. The van der Waals surface area contributed by atoms with Crippen LogP contribution in [0.5, 0.6) is 0 Å². The molecule has 82 valence electrons. The minimum Gasteiger partial charge on any atom is -0.352 e. The summed E-state index contributed by atoms with van der Waals surface area (Å²) >= 11 is 0. The van der Waals surface area contributed by atoms with E-state index in [9.17, 15) is 4.79 Å². The minimum atomic E-state index is 0.0826. The number of carbonyl (C=O) groups excluding carboxylic acids is 1. The Morgan fingerprint density at radius 1 is 1.67 bits per heavy atom. The van der Waals surface area contributed by atoms with Crippen LogP contribution in [0.1, 0.15) is 12.8 Å². The van der Waals surface area contributed by atoms with E-state index in [1.807, 2.05) is 0 Å². The highest BCUT2D eigenvalue weighted by molar-refractivity contribution is 5.76. The Kier molecular flexibility index (Phi) is 3.29. The third kappa shape index (κ3) is 3.02. The van der Waals surface area contributed by atoms with Crippen LogP contribution in [0.3, 0.4) is 0 Å². The van der Waals surface area contributed by atoms with Gasteiger partial charge in [-0.1, -0.05) is 5.21 Å². The molecule has 0 bridgehead atoms. The van der Waals surface area contributed by atoms with Gasteiger partial charge in [0.15, 0.2) is 0 Å². The molecule has 1 aromatic rings. The number of hydrogen-bond acceptors (Lipinski definition) is 4. The molecular formula is C9H15N5O. The van der Waals surface area contributed by atoms with Crippen LogP contribution < -0.4 is 10.6 Å². The molecule has 1 aliphatic rings. The van der Waals surface area contributed by atoms with Crippen molar-refractivity contribution in [1.29, 1.82) is 0 Å². The second-order valence-electron chi connectivity index (χ2n) is 3.67. The van der Waals surface area contributed by atoms with E-state index in [1.54, 1.807) is 17.1 Å². The fourth-order valence-electron chi connectivity index (χ4n) is 1.65. The van der Waals surface area contributed by atoms with Crippen LogP contribution in [0, 0.1) is 0 Å². The van der Waals surface area contributed by atoms with Crippen molar-refractivity contribution in [2.75, 3.05) is 13.1 Å². The fraction of sp³-hybridized carbons (Fsp3) is 0.667. The Morgan fingerprint density at radius 2 is 2.60 bits per heavy atom. The van der Waals surface area contributed by atoms with Gasteiger partial charge in [-0.3, -0.25) is 9.48 Å². The summed E-state index contributed by atoms with van der Waals surface area (Å²) in [6.45, 7) is 2.47. The second-order valence-corrected chi connectivity index (χ2v) is 3.67. The van der Waals surface area contributed by atoms with Crippen LogP contribution in [0.15, 0.2) is 12.4 Å². The molecule has 0 saturated carbocycles. The van der Waals surface area contributed by atoms with Crippen molar-refractivity contribution in [3.63, 3.8) is 0 Å². The highest BCUT2D eigenvalue weighted by Gasteiger charge is 2.16. The first kappa shape index (κ1) is 10.1. The fourth-order valence-corrected chi connectivity index (χ4v) is 1.65. The van der Waals surface area contributed by atoms with Gasteiger partial charge in [0.2, 0.25) is 5.91 Å². The molecule has 0 aliphatic carbocycles. The van der Waals surface area contributed by atoms with Gasteiger partial charge < -0.3 is 10.6 Å². The van der Waals surface area contributed by atoms with Crippen molar-refractivity contribution >= 4 is 5.91 Å². The summed E-state index contributed by atoms with van der Waals surface area (Å²) in [7, 11) is 0. The van der Waals surface area contributed by atoms with Crippen LogP contribution in [-0.4, -0.2) is 40.0 Å². The molecule has 6 heteroatoms. The molecule has 0 spiro atoms. The predicted molar refractivity (Wildman–Crippen MR) is 54.1 cm³/mol. The Bertz CT molecular complexity index is 304. The van der Waals surface area contributed by atoms with Crippen LogP contribution in [-0.2, 0) is 11.3 Å². The molecule has 0 radical (unpaired) electrons. The smallest absolute Gasteiger partial charge is 0.222 e. The molecule has 1 aromatic heterocycles. The lowest BCUT2D eigenvalue weighted by molar-refractivity contribution is -0.121. The van der Waals surface area contributed by atoms with Crippen LogP contribution >= 0.6 is 0 Å². The van der Waals surface area contributed by atoms with Gasteiger partial charge in [0, 0.05) is 25.2 Å². The standard InChI is InChI=1S/C9H15N5O/c15-9(12-8-1-3-10-7-8)2-5-14-6-4-11-13-14/h4,6,8,10H,1-3,5,7H2,(H,12,15)/t8-/m0/s1. The molecule has 1 fully saturated rings. The van der Waals surface area contributed by atoms with Crippen molar-refractivity contribution in [2.24, 2.45) is 0 Å². The van der Waals surface area contributed by atoms with Gasteiger partial charge in [-0.05, 0) is 13.0 Å². The minimum absolute atomic E-state index is 0.0826. The number of amides is 1. The average Bonchev–Trinajstić information content (AvgIpc) is 2.86. The van der Waals surface area contributed by atoms with Gasteiger partial charge in [0.1, 0.15) is 0 Å². The normalized spacial score (nSPS) is 20.4. The van der Waals surface area contributed by atoms with Gasteiger partial charge in [0.05, 0.1) is 12.7 Å². The molecule has 15 heavy (non-hydrogen) atoms. The molecule has 6 nitrogen and oxygen atoms in total. The monoisotopic (exact) mass is 209 g/mol. The van der Waals surface area contributed by atoms with Crippen molar-refractivity contribution in [3.05, 3.63) is 12.4 Å². The van der Waals surface area contributed by atoms with E-state index in [0.29, 0.717) is 19.0 Å². The first-order valence-electron chi connectivity index (χ1n) is 5.19. The van der Waals surface area contributed by atoms with Gasteiger partial charge in [-0.2, -0.15) is 0 Å². The quantitative estimate of drug-likeness (QED) is 0.677. The van der Waals surface area contributed by atoms with E-state index in [4.69, 9.17) is 0 Å². The van der Waals surface area contributed by atoms with Crippen molar-refractivity contribution in [1.82, 2.24) is 25.6 Å². The van der Waals surface area contributed by atoms with E-state index in [-0.39, 0.29) is 5.91 Å². The number of aryl methyl sites for hydroxylation is 1. The van der Waals surface area contributed by atoms with Gasteiger partial charge in [-0.25, -0.2) is 0 Å². The van der Waals surface area contributed by atoms with Gasteiger partial charge in [0.25, 0.3) is 0 Å². The summed E-state index contributed by atoms with van der Waals surface area (Å²) in [5.74, 6) is 0.0826. The number of rotatable bonds is 4. The van der Waals surface area contributed by atoms with E-state index in [2.05, 4.69) is 20.9 Å². The zero-order chi connectivity index (χ0) is 10.5. The Balaban J connectivity index is 1.68. The van der Waals surface area contributed by atoms with E-state index < -0.39 is 0 Å². The SMILES string of the molecule is O=C(CCn1ccnn1)N[C@H]1CCNC1. The van der Waals surface area contributed by atoms with Gasteiger partial charge >= 0.3 is 0 Å². The first-order valence-corrected chi connectivity index (χ1v) is 5.19. The number of hydrogen-bond donors (Lipinski definition) is 2. The maximum Gasteiger partial charge on any atom is 0.222 e. The van der Waals surface area contributed by atoms with Crippen LogP contribution in [0.2, 0.25) is 0 Å². The van der Waals surface area contributed by atoms with Crippen molar-refractivity contribution in [3.8, 4) is 0 Å². The Hall–Kier alpha value is -1.43. The highest BCUT2D eigenvalue weighted by Crippen LogP contribution is 1.98. The van der Waals surface area contributed by atoms with Crippen LogP contribution in [0.25, 0.3) is 0 Å². The predicted octanol–water partition coefficient (Wildman–Crippen LogP) is -0.854. The Morgan fingerprint density at radius 3 is 3.27 bits per heavy atom. The summed E-state index contributed by atoms with van der Waals surface area (Å²) in [5, 5.41) is 13.7. The lowest BCUT2D eigenvalue weighted by atomic mass is 10.2. The summed E-state index contributed by atoms with van der Waals surface area (Å²) in [6, 6.07) is 0.299. The zero-order valence-electron chi connectivity index (χ0n) is 8.52. The van der Waals surface area contributed by atoms with Crippen molar-refractivity contribution < 1.29 is 4.79 Å². The van der Waals surface area contributed by atoms with E-state index in [1.165, 1.54) is 0 Å². The van der Waals surface area contributed by atoms with E-state index >= 15 is 0 Å². The van der Waals surface area contributed by atoms with Crippen molar-refractivity contribution in [2.45, 2.75) is 25.4 Å². The maximum atomic E-state index is 11.5. The molecule has 2 heterocycles. The third-order valence-corrected chi connectivity index (χ3v) is 2.47. The molecule has 1 amide bonds. The topological polar surface area (TPSA) is 71.8 Å². The largest absolute Gasteiger partial charge is 0.352 e. The van der Waals surface area contributed by atoms with Crippen LogP contribution in [0.4, 0.5) is 0 Å². The summed E-state index contributed by atoms with van der Waals surface area (Å²) in [6.07, 6.45) is 4.85. The average molecular weight is 209 g/mol. The molecule has 1 atom stereocenters. The highest BCUT2D eigenvalue weighted by atomic mass is 16.1. The number of aromatic nitrogens is 3. The maximum absolute atomic E-state index is 11.5. The molecule has 1 aliphatic heterocycles. The lowest BCUT2D eigenvalue weighted by Crippen LogP contribution is -2.36.